The van der Waals surface area contributed by atoms with E-state index >= 15 is 0 Å². The SMILES string of the molecule is CC1(c2ccccc2Br)CCCN1. The highest BCUT2D eigenvalue weighted by Crippen LogP contribution is 2.34. The monoisotopic (exact) mass is 239 g/mol. The fourth-order valence-electron chi connectivity index (χ4n) is 2.03. The Morgan fingerprint density at radius 1 is 1.38 bits per heavy atom. The van der Waals surface area contributed by atoms with Crippen LogP contribution in [-0.4, -0.2) is 6.54 Å². The Morgan fingerprint density at radius 2 is 2.15 bits per heavy atom. The zero-order chi connectivity index (χ0) is 9.31. The zero-order valence-electron chi connectivity index (χ0n) is 7.81. The molecule has 1 atom stereocenters. The van der Waals surface area contributed by atoms with Crippen LogP contribution in [0.4, 0.5) is 0 Å². The van der Waals surface area contributed by atoms with Gasteiger partial charge in [-0.05, 0) is 37.9 Å². The molecule has 0 aliphatic carbocycles. The van der Waals surface area contributed by atoms with E-state index in [1.54, 1.807) is 0 Å². The molecular formula is C11H14BrN. The molecule has 13 heavy (non-hydrogen) atoms. The van der Waals surface area contributed by atoms with Crippen LogP contribution in [0.5, 0.6) is 0 Å². The summed E-state index contributed by atoms with van der Waals surface area (Å²) in [7, 11) is 0. The Balaban J connectivity index is 2.39. The predicted octanol–water partition coefficient (Wildman–Crippen LogP) is 3.05. The van der Waals surface area contributed by atoms with Crippen molar-refractivity contribution in [2.24, 2.45) is 0 Å². The second-order valence-electron chi connectivity index (χ2n) is 3.84. The zero-order valence-corrected chi connectivity index (χ0v) is 9.39. The maximum absolute atomic E-state index is 3.60. The fraction of sp³-hybridized carbons (Fsp3) is 0.455. The lowest BCUT2D eigenvalue weighted by Crippen LogP contribution is -2.33. The van der Waals surface area contributed by atoms with Gasteiger partial charge in [-0.1, -0.05) is 34.1 Å². The summed E-state index contributed by atoms with van der Waals surface area (Å²) in [5.74, 6) is 0. The van der Waals surface area contributed by atoms with Gasteiger partial charge in [0.15, 0.2) is 0 Å². The van der Waals surface area contributed by atoms with E-state index in [0.717, 1.165) is 6.54 Å². The third-order valence-corrected chi connectivity index (χ3v) is 3.53. The summed E-state index contributed by atoms with van der Waals surface area (Å²) in [6.45, 7) is 3.41. The highest BCUT2D eigenvalue weighted by atomic mass is 79.9. The third-order valence-electron chi connectivity index (χ3n) is 2.84. The molecule has 2 rings (SSSR count). The summed E-state index contributed by atoms with van der Waals surface area (Å²) in [4.78, 5) is 0. The first-order chi connectivity index (χ1) is 6.22. The van der Waals surface area contributed by atoms with Crippen LogP contribution in [0.25, 0.3) is 0 Å². The van der Waals surface area contributed by atoms with Gasteiger partial charge < -0.3 is 5.32 Å². The van der Waals surface area contributed by atoms with Crippen LogP contribution in [0.15, 0.2) is 28.7 Å². The summed E-state index contributed by atoms with van der Waals surface area (Å²) in [6.07, 6.45) is 2.51. The van der Waals surface area contributed by atoms with Crippen molar-refractivity contribution in [1.29, 1.82) is 0 Å². The molecule has 0 saturated carbocycles. The molecule has 1 N–H and O–H groups in total. The van der Waals surface area contributed by atoms with E-state index in [1.807, 2.05) is 0 Å². The van der Waals surface area contributed by atoms with Crippen molar-refractivity contribution in [3.63, 3.8) is 0 Å². The van der Waals surface area contributed by atoms with Gasteiger partial charge in [-0.3, -0.25) is 0 Å². The normalized spacial score (nSPS) is 27.8. The largest absolute Gasteiger partial charge is 0.308 e. The van der Waals surface area contributed by atoms with Gasteiger partial charge in [0, 0.05) is 10.0 Å². The highest BCUT2D eigenvalue weighted by Gasteiger charge is 2.31. The minimum Gasteiger partial charge on any atom is -0.308 e. The first-order valence-corrected chi connectivity index (χ1v) is 5.52. The first kappa shape index (κ1) is 9.22. The summed E-state index contributed by atoms with van der Waals surface area (Å²) in [6, 6.07) is 8.47. The molecule has 1 aliphatic rings. The standard InChI is InChI=1S/C11H14BrN/c1-11(7-4-8-13-11)9-5-2-3-6-10(9)12/h2-3,5-6,13H,4,7-8H2,1H3. The summed E-state index contributed by atoms with van der Waals surface area (Å²) in [5.41, 5.74) is 1.56. The summed E-state index contributed by atoms with van der Waals surface area (Å²) in [5, 5.41) is 3.56. The molecule has 70 valence electrons. The first-order valence-electron chi connectivity index (χ1n) is 4.72. The molecule has 1 heterocycles. The van der Waals surface area contributed by atoms with Crippen LogP contribution < -0.4 is 5.32 Å². The Morgan fingerprint density at radius 3 is 2.77 bits per heavy atom. The topological polar surface area (TPSA) is 12.0 Å². The van der Waals surface area contributed by atoms with Gasteiger partial charge in [0.05, 0.1) is 0 Å². The summed E-state index contributed by atoms with van der Waals surface area (Å²) < 4.78 is 1.21. The Bertz CT molecular complexity index is 303. The number of hydrogen-bond acceptors (Lipinski definition) is 1. The van der Waals surface area contributed by atoms with Gasteiger partial charge in [0.1, 0.15) is 0 Å². The minimum atomic E-state index is 0.181. The maximum atomic E-state index is 3.60. The Hall–Kier alpha value is -0.340. The average Bonchev–Trinajstić information content (AvgIpc) is 2.54. The number of hydrogen-bond donors (Lipinski definition) is 1. The number of benzene rings is 1. The van der Waals surface area contributed by atoms with Crippen molar-refractivity contribution in [2.75, 3.05) is 6.54 Å². The lowest BCUT2D eigenvalue weighted by Gasteiger charge is -2.26. The molecule has 2 heteroatoms. The van der Waals surface area contributed by atoms with Crippen molar-refractivity contribution in [1.82, 2.24) is 5.32 Å². The van der Waals surface area contributed by atoms with Crippen LogP contribution in [0.2, 0.25) is 0 Å². The molecule has 0 bridgehead atoms. The molecular weight excluding hydrogens is 226 g/mol. The third kappa shape index (κ3) is 1.65. The molecule has 0 amide bonds. The summed E-state index contributed by atoms with van der Waals surface area (Å²) >= 11 is 3.60. The predicted molar refractivity (Wildman–Crippen MR) is 58.7 cm³/mol. The van der Waals surface area contributed by atoms with Gasteiger partial charge in [-0.25, -0.2) is 0 Å². The second-order valence-corrected chi connectivity index (χ2v) is 4.70. The van der Waals surface area contributed by atoms with Gasteiger partial charge >= 0.3 is 0 Å². The Labute approximate surface area is 87.7 Å². The minimum absolute atomic E-state index is 0.181. The molecule has 1 nitrogen and oxygen atoms in total. The Kier molecular flexibility index (Phi) is 2.43. The van der Waals surface area contributed by atoms with Crippen molar-refractivity contribution in [2.45, 2.75) is 25.3 Å². The van der Waals surface area contributed by atoms with E-state index in [9.17, 15) is 0 Å². The van der Waals surface area contributed by atoms with E-state index in [-0.39, 0.29) is 5.54 Å². The highest BCUT2D eigenvalue weighted by molar-refractivity contribution is 9.10. The molecule has 1 aromatic carbocycles. The molecule has 1 aromatic rings. The van der Waals surface area contributed by atoms with E-state index in [0.29, 0.717) is 0 Å². The fourth-order valence-corrected chi connectivity index (χ4v) is 2.76. The van der Waals surface area contributed by atoms with Gasteiger partial charge in [-0.2, -0.15) is 0 Å². The molecule has 1 fully saturated rings. The van der Waals surface area contributed by atoms with E-state index in [1.165, 1.54) is 22.9 Å². The van der Waals surface area contributed by atoms with Crippen molar-refractivity contribution in [3.05, 3.63) is 34.3 Å². The van der Waals surface area contributed by atoms with Crippen LogP contribution in [0, 0.1) is 0 Å². The maximum Gasteiger partial charge on any atom is 0.0417 e. The van der Waals surface area contributed by atoms with Crippen molar-refractivity contribution < 1.29 is 0 Å². The van der Waals surface area contributed by atoms with Gasteiger partial charge in [0.2, 0.25) is 0 Å². The van der Waals surface area contributed by atoms with E-state index < -0.39 is 0 Å². The number of nitrogens with one attached hydrogen (secondary N) is 1. The van der Waals surface area contributed by atoms with Crippen LogP contribution >= 0.6 is 15.9 Å². The molecule has 0 spiro atoms. The molecule has 0 aromatic heterocycles. The number of rotatable bonds is 1. The quantitative estimate of drug-likeness (QED) is 0.795. The van der Waals surface area contributed by atoms with Crippen LogP contribution in [0.1, 0.15) is 25.3 Å². The lowest BCUT2D eigenvalue weighted by molar-refractivity contribution is 0.433. The molecule has 1 unspecified atom stereocenters. The number of halogens is 1. The average molecular weight is 240 g/mol. The van der Waals surface area contributed by atoms with Crippen LogP contribution in [0.3, 0.4) is 0 Å². The van der Waals surface area contributed by atoms with Gasteiger partial charge in [0.25, 0.3) is 0 Å². The van der Waals surface area contributed by atoms with E-state index in [4.69, 9.17) is 0 Å². The van der Waals surface area contributed by atoms with E-state index in [2.05, 4.69) is 52.4 Å². The molecule has 1 aliphatic heterocycles. The molecule has 0 radical (unpaired) electrons. The van der Waals surface area contributed by atoms with Crippen LogP contribution in [-0.2, 0) is 5.54 Å². The van der Waals surface area contributed by atoms with Crippen molar-refractivity contribution >= 4 is 15.9 Å². The second kappa shape index (κ2) is 3.43. The smallest absolute Gasteiger partial charge is 0.0417 e. The molecule has 1 saturated heterocycles. The van der Waals surface area contributed by atoms with Crippen molar-refractivity contribution in [3.8, 4) is 0 Å². The van der Waals surface area contributed by atoms with Gasteiger partial charge in [-0.15, -0.1) is 0 Å². The lowest BCUT2D eigenvalue weighted by atomic mass is 9.91.